The van der Waals surface area contributed by atoms with Crippen LogP contribution in [-0.4, -0.2) is 76.3 Å². The van der Waals surface area contributed by atoms with E-state index in [1.807, 2.05) is 4.90 Å². The highest BCUT2D eigenvalue weighted by molar-refractivity contribution is 7.89. The number of piperidine rings is 1. The fourth-order valence-electron chi connectivity index (χ4n) is 4.34. The maximum absolute atomic E-state index is 13.1. The fraction of sp³-hybridized carbons (Fsp3) is 0.652. The number of sulfonamides is 1. The van der Waals surface area contributed by atoms with Gasteiger partial charge in [-0.05, 0) is 50.3 Å². The first-order valence-corrected chi connectivity index (χ1v) is 13.1. The van der Waals surface area contributed by atoms with Crippen LogP contribution in [0.5, 0.6) is 0 Å². The van der Waals surface area contributed by atoms with Crippen molar-refractivity contribution < 1.29 is 18.0 Å². The van der Waals surface area contributed by atoms with E-state index in [1.165, 1.54) is 20.2 Å². The van der Waals surface area contributed by atoms with Crippen LogP contribution < -0.4 is 10.2 Å². The molecule has 1 N–H and O–H groups in total. The molecule has 0 unspecified atom stereocenters. The summed E-state index contributed by atoms with van der Waals surface area (Å²) in [6.07, 6.45) is 7.88. The first-order chi connectivity index (χ1) is 15.3. The molecule has 0 saturated carbocycles. The van der Waals surface area contributed by atoms with E-state index in [0.717, 1.165) is 81.1 Å². The Bertz CT molecular complexity index is 903. The third kappa shape index (κ3) is 6.01. The summed E-state index contributed by atoms with van der Waals surface area (Å²) >= 11 is 0. The molecule has 0 spiro atoms. The van der Waals surface area contributed by atoms with Gasteiger partial charge < -0.3 is 15.1 Å². The molecule has 0 aliphatic carbocycles. The number of likely N-dealkylation sites (tertiary alicyclic amines) is 1. The molecule has 2 saturated heterocycles. The van der Waals surface area contributed by atoms with Crippen LogP contribution in [0.25, 0.3) is 0 Å². The Morgan fingerprint density at radius 2 is 1.53 bits per heavy atom. The standard InChI is InChI=1S/C23H36N4O4S/c1-25(2)32(30,31)19-10-11-21(26-14-8-5-9-15-26)20(18-19)23(29)24-13-12-22(28)27-16-6-3-4-7-17-27/h10-11,18H,3-9,12-17H2,1-2H3,(H,24,29). The molecule has 2 amide bonds. The van der Waals surface area contributed by atoms with Crippen LogP contribution in [-0.2, 0) is 14.8 Å². The summed E-state index contributed by atoms with van der Waals surface area (Å²) in [5, 5.41) is 2.85. The number of hydrogen-bond acceptors (Lipinski definition) is 5. The molecule has 0 aromatic heterocycles. The fourth-order valence-corrected chi connectivity index (χ4v) is 5.26. The normalized spacial score (nSPS) is 17.8. The minimum absolute atomic E-state index is 0.0624. The van der Waals surface area contributed by atoms with Gasteiger partial charge in [-0.25, -0.2) is 12.7 Å². The number of anilines is 1. The molecule has 32 heavy (non-hydrogen) atoms. The van der Waals surface area contributed by atoms with Crippen LogP contribution in [0.2, 0.25) is 0 Å². The van der Waals surface area contributed by atoms with Crippen molar-refractivity contribution in [2.24, 2.45) is 0 Å². The number of amides is 2. The molecule has 178 valence electrons. The van der Waals surface area contributed by atoms with Crippen LogP contribution >= 0.6 is 0 Å². The van der Waals surface area contributed by atoms with Gasteiger partial charge in [-0.2, -0.15) is 0 Å². The monoisotopic (exact) mass is 464 g/mol. The van der Waals surface area contributed by atoms with Gasteiger partial charge in [0.15, 0.2) is 0 Å². The highest BCUT2D eigenvalue weighted by atomic mass is 32.2. The smallest absolute Gasteiger partial charge is 0.253 e. The molecule has 2 aliphatic rings. The van der Waals surface area contributed by atoms with E-state index in [9.17, 15) is 18.0 Å². The summed E-state index contributed by atoms with van der Waals surface area (Å²) in [6.45, 7) is 3.49. The molecular formula is C23H36N4O4S. The molecule has 0 atom stereocenters. The Morgan fingerprint density at radius 3 is 2.16 bits per heavy atom. The number of nitrogens with zero attached hydrogens (tertiary/aromatic N) is 3. The summed E-state index contributed by atoms with van der Waals surface area (Å²) in [5.74, 6) is -0.280. The second-order valence-corrected chi connectivity index (χ2v) is 11.0. The SMILES string of the molecule is CN(C)S(=O)(=O)c1ccc(N2CCCCC2)c(C(=O)NCCC(=O)N2CCCCCC2)c1. The van der Waals surface area contributed by atoms with E-state index in [-0.39, 0.29) is 29.7 Å². The summed E-state index contributed by atoms with van der Waals surface area (Å²) < 4.78 is 26.4. The Balaban J connectivity index is 1.73. The van der Waals surface area contributed by atoms with Crippen LogP contribution in [0.1, 0.15) is 61.7 Å². The quantitative estimate of drug-likeness (QED) is 0.669. The summed E-state index contributed by atoms with van der Waals surface area (Å²) in [4.78, 5) is 29.8. The van der Waals surface area contributed by atoms with E-state index in [4.69, 9.17) is 0 Å². The molecule has 0 radical (unpaired) electrons. The Hall–Kier alpha value is -2.13. The number of nitrogens with one attached hydrogen (secondary N) is 1. The molecule has 9 heteroatoms. The predicted molar refractivity (Wildman–Crippen MR) is 125 cm³/mol. The van der Waals surface area contributed by atoms with E-state index in [0.29, 0.717) is 5.56 Å². The molecule has 3 rings (SSSR count). The Labute approximate surface area is 192 Å². The van der Waals surface area contributed by atoms with Crippen LogP contribution in [0.4, 0.5) is 5.69 Å². The number of hydrogen-bond donors (Lipinski definition) is 1. The van der Waals surface area contributed by atoms with Crippen molar-refractivity contribution in [3.8, 4) is 0 Å². The molecule has 2 heterocycles. The molecule has 0 bridgehead atoms. The lowest BCUT2D eigenvalue weighted by Crippen LogP contribution is -2.36. The van der Waals surface area contributed by atoms with E-state index in [2.05, 4.69) is 10.2 Å². The van der Waals surface area contributed by atoms with Crippen molar-refractivity contribution in [3.05, 3.63) is 23.8 Å². The average Bonchev–Trinajstić information content (AvgIpc) is 3.08. The van der Waals surface area contributed by atoms with Gasteiger partial charge in [0.1, 0.15) is 0 Å². The van der Waals surface area contributed by atoms with Crippen molar-refractivity contribution in [3.63, 3.8) is 0 Å². The van der Waals surface area contributed by atoms with Crippen molar-refractivity contribution in [1.82, 2.24) is 14.5 Å². The van der Waals surface area contributed by atoms with Crippen molar-refractivity contribution in [2.75, 3.05) is 51.7 Å². The van der Waals surface area contributed by atoms with Crippen LogP contribution in [0, 0.1) is 0 Å². The predicted octanol–water partition coefficient (Wildman–Crippen LogP) is 2.45. The zero-order chi connectivity index (χ0) is 23.1. The molecular weight excluding hydrogens is 428 g/mol. The third-order valence-electron chi connectivity index (χ3n) is 6.27. The lowest BCUT2D eigenvalue weighted by molar-refractivity contribution is -0.131. The van der Waals surface area contributed by atoms with Gasteiger partial charge in [0, 0.05) is 58.9 Å². The number of carbonyl (C=O) groups excluding carboxylic acids is 2. The first kappa shape index (κ1) is 24.5. The third-order valence-corrected chi connectivity index (χ3v) is 8.08. The molecule has 1 aromatic rings. The minimum Gasteiger partial charge on any atom is -0.371 e. The van der Waals surface area contributed by atoms with Gasteiger partial charge in [-0.1, -0.05) is 12.8 Å². The molecule has 2 aliphatic heterocycles. The second kappa shape index (κ2) is 11.1. The van der Waals surface area contributed by atoms with E-state index in [1.54, 1.807) is 12.1 Å². The largest absolute Gasteiger partial charge is 0.371 e. The average molecular weight is 465 g/mol. The summed E-state index contributed by atoms with van der Waals surface area (Å²) in [6, 6.07) is 4.77. The highest BCUT2D eigenvalue weighted by Gasteiger charge is 2.24. The zero-order valence-electron chi connectivity index (χ0n) is 19.3. The van der Waals surface area contributed by atoms with Gasteiger partial charge in [-0.3, -0.25) is 9.59 Å². The minimum atomic E-state index is -3.66. The Morgan fingerprint density at radius 1 is 0.938 bits per heavy atom. The zero-order valence-corrected chi connectivity index (χ0v) is 20.1. The van der Waals surface area contributed by atoms with Crippen molar-refractivity contribution in [1.29, 1.82) is 0 Å². The van der Waals surface area contributed by atoms with Crippen molar-refractivity contribution >= 4 is 27.5 Å². The number of rotatable bonds is 7. The van der Waals surface area contributed by atoms with Gasteiger partial charge in [0.2, 0.25) is 15.9 Å². The van der Waals surface area contributed by atoms with Crippen molar-refractivity contribution in [2.45, 2.75) is 56.3 Å². The highest BCUT2D eigenvalue weighted by Crippen LogP contribution is 2.28. The molecule has 8 nitrogen and oxygen atoms in total. The topological polar surface area (TPSA) is 90.0 Å². The lowest BCUT2D eigenvalue weighted by Gasteiger charge is -2.30. The summed E-state index contributed by atoms with van der Waals surface area (Å²) in [7, 11) is -0.710. The van der Waals surface area contributed by atoms with Gasteiger partial charge in [0.05, 0.1) is 10.5 Å². The van der Waals surface area contributed by atoms with Gasteiger partial charge in [-0.15, -0.1) is 0 Å². The van der Waals surface area contributed by atoms with Gasteiger partial charge >= 0.3 is 0 Å². The first-order valence-electron chi connectivity index (χ1n) is 11.7. The van der Waals surface area contributed by atoms with E-state index < -0.39 is 10.0 Å². The Kier molecular flexibility index (Phi) is 8.53. The second-order valence-electron chi connectivity index (χ2n) is 8.81. The lowest BCUT2D eigenvalue weighted by atomic mass is 10.1. The number of carbonyl (C=O) groups is 2. The van der Waals surface area contributed by atoms with Gasteiger partial charge in [0.25, 0.3) is 5.91 Å². The number of benzene rings is 1. The van der Waals surface area contributed by atoms with E-state index >= 15 is 0 Å². The molecule has 2 fully saturated rings. The maximum Gasteiger partial charge on any atom is 0.253 e. The maximum atomic E-state index is 13.1. The van der Waals surface area contributed by atoms with Crippen LogP contribution in [0.15, 0.2) is 23.1 Å². The summed E-state index contributed by atoms with van der Waals surface area (Å²) in [5.41, 5.74) is 1.09. The van der Waals surface area contributed by atoms with Crippen LogP contribution in [0.3, 0.4) is 0 Å². The molecule has 1 aromatic carbocycles.